The molecule has 2 aromatic rings. The smallest absolute Gasteiger partial charge is 0.279 e. The number of carbonyl (C=O) groups is 1. The summed E-state index contributed by atoms with van der Waals surface area (Å²) in [6.45, 7) is 7.52. The molecule has 0 spiro atoms. The molecule has 1 aliphatic heterocycles. The zero-order valence-electron chi connectivity index (χ0n) is 17.0. The molecule has 1 saturated heterocycles. The highest BCUT2D eigenvalue weighted by atomic mass is 32.2. The molecule has 0 aromatic heterocycles. The van der Waals surface area contributed by atoms with Crippen molar-refractivity contribution in [2.75, 3.05) is 38.0 Å². The molecule has 156 valence electrons. The number of halogens is 1. The highest BCUT2D eigenvalue weighted by molar-refractivity contribution is 7.89. The third-order valence-electron chi connectivity index (χ3n) is 5.41. The number of anilines is 1. The molecule has 1 amide bonds. The van der Waals surface area contributed by atoms with Crippen molar-refractivity contribution in [2.24, 2.45) is 0 Å². The van der Waals surface area contributed by atoms with Crippen LogP contribution in [0.1, 0.15) is 16.7 Å². The fraction of sp³-hybridized carbons (Fsp3) is 0.381. The molecule has 1 heterocycles. The van der Waals surface area contributed by atoms with E-state index < -0.39 is 10.0 Å². The minimum Gasteiger partial charge on any atom is -0.325 e. The molecule has 0 bridgehead atoms. The number of aryl methyl sites for hydroxylation is 3. The van der Waals surface area contributed by atoms with E-state index >= 15 is 0 Å². The molecule has 0 radical (unpaired) electrons. The summed E-state index contributed by atoms with van der Waals surface area (Å²) in [5.74, 6) is -0.575. The van der Waals surface area contributed by atoms with Gasteiger partial charge in [-0.2, -0.15) is 4.31 Å². The second-order valence-electron chi connectivity index (χ2n) is 7.59. The predicted molar refractivity (Wildman–Crippen MR) is 110 cm³/mol. The van der Waals surface area contributed by atoms with Crippen LogP contribution in [-0.2, 0) is 14.8 Å². The van der Waals surface area contributed by atoms with Gasteiger partial charge in [-0.05, 0) is 61.7 Å². The second-order valence-corrected chi connectivity index (χ2v) is 9.53. The lowest BCUT2D eigenvalue weighted by molar-refractivity contribution is -0.895. The van der Waals surface area contributed by atoms with Crippen molar-refractivity contribution in [3.8, 4) is 0 Å². The van der Waals surface area contributed by atoms with E-state index in [2.05, 4.69) is 5.32 Å². The van der Waals surface area contributed by atoms with Crippen molar-refractivity contribution >= 4 is 21.6 Å². The molecule has 0 saturated carbocycles. The first-order valence-electron chi connectivity index (χ1n) is 9.64. The molecule has 29 heavy (non-hydrogen) atoms. The quantitative estimate of drug-likeness (QED) is 0.766. The van der Waals surface area contributed by atoms with Crippen molar-refractivity contribution in [2.45, 2.75) is 25.7 Å². The summed E-state index contributed by atoms with van der Waals surface area (Å²) >= 11 is 0. The summed E-state index contributed by atoms with van der Waals surface area (Å²) in [6, 6.07) is 9.76. The van der Waals surface area contributed by atoms with Crippen LogP contribution in [0, 0.1) is 26.6 Å². The van der Waals surface area contributed by atoms with Crippen molar-refractivity contribution in [3.05, 3.63) is 58.9 Å². The first kappa shape index (κ1) is 21.4. The van der Waals surface area contributed by atoms with Gasteiger partial charge < -0.3 is 10.2 Å². The Morgan fingerprint density at radius 2 is 1.69 bits per heavy atom. The number of rotatable bonds is 5. The van der Waals surface area contributed by atoms with Gasteiger partial charge in [0.05, 0.1) is 31.1 Å². The van der Waals surface area contributed by atoms with Crippen molar-refractivity contribution < 1.29 is 22.5 Å². The van der Waals surface area contributed by atoms with Gasteiger partial charge in [0.2, 0.25) is 10.0 Å². The molecular weight excluding hydrogens is 393 g/mol. The topological polar surface area (TPSA) is 70.9 Å². The van der Waals surface area contributed by atoms with E-state index in [4.69, 9.17) is 0 Å². The Balaban J connectivity index is 1.56. The maximum Gasteiger partial charge on any atom is 0.279 e. The Labute approximate surface area is 171 Å². The SMILES string of the molecule is Cc1ccc(S(=O)(=O)N2CC[NH+](CC(=O)Nc3ccc(C)c(F)c3)CC2)cc1C. The lowest BCUT2D eigenvalue weighted by atomic mass is 10.1. The molecule has 2 aromatic carbocycles. The zero-order valence-corrected chi connectivity index (χ0v) is 17.8. The van der Waals surface area contributed by atoms with Crippen LogP contribution in [0.2, 0.25) is 0 Å². The number of nitrogens with one attached hydrogen (secondary N) is 2. The normalized spacial score (nSPS) is 16.0. The van der Waals surface area contributed by atoms with Gasteiger partial charge in [0.25, 0.3) is 5.91 Å². The number of hydrogen-bond acceptors (Lipinski definition) is 3. The summed E-state index contributed by atoms with van der Waals surface area (Å²) in [5.41, 5.74) is 2.94. The average Bonchev–Trinajstić information content (AvgIpc) is 2.67. The molecule has 1 fully saturated rings. The summed E-state index contributed by atoms with van der Waals surface area (Å²) in [7, 11) is -3.53. The van der Waals surface area contributed by atoms with E-state index in [9.17, 15) is 17.6 Å². The minimum atomic E-state index is -3.53. The number of nitrogens with zero attached hydrogens (tertiary/aromatic N) is 1. The molecule has 8 heteroatoms. The third kappa shape index (κ3) is 5.01. The van der Waals surface area contributed by atoms with Crippen LogP contribution in [-0.4, -0.2) is 51.4 Å². The van der Waals surface area contributed by atoms with E-state index in [-0.39, 0.29) is 18.3 Å². The van der Waals surface area contributed by atoms with Crippen LogP contribution in [0.15, 0.2) is 41.3 Å². The first-order valence-corrected chi connectivity index (χ1v) is 11.1. The van der Waals surface area contributed by atoms with Crippen molar-refractivity contribution in [3.63, 3.8) is 0 Å². The lowest BCUT2D eigenvalue weighted by Gasteiger charge is -2.31. The maximum atomic E-state index is 13.6. The van der Waals surface area contributed by atoms with Gasteiger partial charge in [-0.3, -0.25) is 4.79 Å². The molecule has 0 aliphatic carbocycles. The number of quaternary nitrogens is 1. The Hall–Kier alpha value is -2.29. The number of sulfonamides is 1. The Morgan fingerprint density at radius 3 is 2.31 bits per heavy atom. The number of amides is 1. The Bertz CT molecular complexity index is 1020. The van der Waals surface area contributed by atoms with Gasteiger partial charge in [-0.25, -0.2) is 12.8 Å². The molecule has 2 N–H and O–H groups in total. The van der Waals surface area contributed by atoms with Crippen LogP contribution in [0.5, 0.6) is 0 Å². The van der Waals surface area contributed by atoms with Crippen LogP contribution < -0.4 is 10.2 Å². The van der Waals surface area contributed by atoms with Gasteiger partial charge in [-0.15, -0.1) is 0 Å². The maximum absolute atomic E-state index is 13.6. The number of piperazine rings is 1. The van der Waals surface area contributed by atoms with E-state index in [0.717, 1.165) is 16.0 Å². The Morgan fingerprint density at radius 1 is 1.03 bits per heavy atom. The standard InChI is InChI=1S/C21H26FN3O3S/c1-15-5-7-19(12-17(15)3)29(27,28)25-10-8-24(9-11-25)14-21(26)23-18-6-4-16(2)20(22)13-18/h4-7,12-13H,8-11,14H2,1-3H3,(H,23,26)/p+1. The van der Waals surface area contributed by atoms with Gasteiger partial charge in [0.15, 0.2) is 6.54 Å². The van der Waals surface area contributed by atoms with E-state index in [1.165, 1.54) is 10.4 Å². The summed E-state index contributed by atoms with van der Waals surface area (Å²) < 4.78 is 40.9. The Kier molecular flexibility index (Phi) is 6.36. The highest BCUT2D eigenvalue weighted by Crippen LogP contribution is 2.19. The van der Waals surface area contributed by atoms with Gasteiger partial charge in [-0.1, -0.05) is 12.1 Å². The molecule has 3 rings (SSSR count). The van der Waals surface area contributed by atoms with Crippen molar-refractivity contribution in [1.29, 1.82) is 0 Å². The van der Waals surface area contributed by atoms with E-state index in [1.807, 2.05) is 19.9 Å². The minimum absolute atomic E-state index is 0.214. The highest BCUT2D eigenvalue weighted by Gasteiger charge is 2.31. The number of benzene rings is 2. The fourth-order valence-electron chi connectivity index (χ4n) is 3.35. The second kappa shape index (κ2) is 8.61. The molecule has 1 aliphatic rings. The largest absolute Gasteiger partial charge is 0.325 e. The first-order chi connectivity index (χ1) is 13.7. The summed E-state index contributed by atoms with van der Waals surface area (Å²) in [6.07, 6.45) is 0. The van der Waals surface area contributed by atoms with Crippen LogP contribution in [0.4, 0.5) is 10.1 Å². The average molecular weight is 421 g/mol. The van der Waals surface area contributed by atoms with Gasteiger partial charge in [0, 0.05) is 5.69 Å². The summed E-state index contributed by atoms with van der Waals surface area (Å²) in [4.78, 5) is 13.6. The van der Waals surface area contributed by atoms with Gasteiger partial charge in [0.1, 0.15) is 5.82 Å². The molecular formula is C21H27FN3O3S+. The predicted octanol–water partition coefficient (Wildman–Crippen LogP) is 1.28. The van der Waals surface area contributed by atoms with Crippen LogP contribution in [0.25, 0.3) is 0 Å². The summed E-state index contributed by atoms with van der Waals surface area (Å²) in [5, 5.41) is 2.70. The van der Waals surface area contributed by atoms with Crippen molar-refractivity contribution in [1.82, 2.24) is 4.31 Å². The zero-order chi connectivity index (χ0) is 21.2. The van der Waals surface area contributed by atoms with E-state index in [1.54, 1.807) is 31.2 Å². The van der Waals surface area contributed by atoms with Gasteiger partial charge >= 0.3 is 0 Å². The molecule has 0 unspecified atom stereocenters. The lowest BCUT2D eigenvalue weighted by Crippen LogP contribution is -3.15. The fourth-order valence-corrected chi connectivity index (χ4v) is 4.87. The van der Waals surface area contributed by atoms with Crippen LogP contribution >= 0.6 is 0 Å². The van der Waals surface area contributed by atoms with E-state index in [0.29, 0.717) is 42.3 Å². The number of carbonyl (C=O) groups excluding carboxylic acids is 1. The monoisotopic (exact) mass is 420 g/mol. The van der Waals surface area contributed by atoms with Crippen LogP contribution in [0.3, 0.4) is 0 Å². The third-order valence-corrected chi connectivity index (χ3v) is 7.31. The number of hydrogen-bond donors (Lipinski definition) is 2. The molecule has 6 nitrogen and oxygen atoms in total. The molecule has 0 atom stereocenters.